The number of hydrogen-bond donors (Lipinski definition) is 0. The zero-order chi connectivity index (χ0) is 53.6. The lowest BCUT2D eigenvalue weighted by Crippen LogP contribution is -2.30. The van der Waals surface area contributed by atoms with Gasteiger partial charge >= 0.3 is 17.9 Å². The Morgan fingerprint density at radius 3 is 0.838 bits per heavy atom. The zero-order valence-electron chi connectivity index (χ0n) is 49.1. The van der Waals surface area contributed by atoms with Crippen LogP contribution in [0.2, 0.25) is 0 Å². The maximum Gasteiger partial charge on any atom is 0.306 e. The van der Waals surface area contributed by atoms with E-state index in [1.165, 1.54) is 186 Å². The highest BCUT2D eigenvalue weighted by Crippen LogP contribution is 2.16. The van der Waals surface area contributed by atoms with Gasteiger partial charge in [0, 0.05) is 19.3 Å². The third kappa shape index (κ3) is 59.7. The molecule has 0 amide bonds. The Hall–Kier alpha value is -3.15. The molecule has 1 atom stereocenters. The molecule has 0 rings (SSSR count). The molecule has 1 unspecified atom stereocenters. The van der Waals surface area contributed by atoms with E-state index >= 15 is 0 Å². The standard InChI is InChI=1S/C68H120O6/c1-4-7-10-13-16-19-22-24-26-28-30-32-33-34-35-37-38-40-42-44-46-49-52-55-58-61-67(70)73-64-65(63-72-66(69)60-57-54-51-48-21-18-15-12-9-6-3)74-68(71)62-59-56-53-50-47-45-43-41-39-36-31-29-27-25-23-20-17-14-11-8-5-2/h7,10,16,19,24,26,29-32,34-35,65H,4-6,8-9,11-15,17-18,20-23,25,27-28,33,36-64H2,1-3H3/b10-7-,19-16-,26-24-,31-29-,32-30-,35-34-. The van der Waals surface area contributed by atoms with Crippen LogP contribution in [0.15, 0.2) is 72.9 Å². The van der Waals surface area contributed by atoms with Gasteiger partial charge in [0.05, 0.1) is 0 Å². The van der Waals surface area contributed by atoms with Gasteiger partial charge in [-0.05, 0) is 89.9 Å². The SMILES string of the molecule is CC/C=C\C/C=C\C/C=C\C/C=C\C/C=C\CCCCCCCCCCCC(=O)OCC(COC(=O)CCCCCCCCCCCC)OC(=O)CCCCCCCCCCC/C=C\CCCCCCCCCC. The van der Waals surface area contributed by atoms with Gasteiger partial charge in [0.2, 0.25) is 0 Å². The summed E-state index contributed by atoms with van der Waals surface area (Å²) < 4.78 is 16.9. The van der Waals surface area contributed by atoms with Crippen LogP contribution in [0.1, 0.15) is 323 Å². The highest BCUT2D eigenvalue weighted by molar-refractivity contribution is 5.71. The molecule has 0 radical (unpaired) electrons. The number of esters is 3. The second-order valence-electron chi connectivity index (χ2n) is 21.3. The van der Waals surface area contributed by atoms with Gasteiger partial charge in [-0.15, -0.1) is 0 Å². The van der Waals surface area contributed by atoms with Crippen molar-refractivity contribution in [3.05, 3.63) is 72.9 Å². The number of carbonyl (C=O) groups is 3. The zero-order valence-corrected chi connectivity index (χ0v) is 49.1. The lowest BCUT2D eigenvalue weighted by molar-refractivity contribution is -0.167. The molecule has 0 fully saturated rings. The Balaban J connectivity index is 4.25. The van der Waals surface area contributed by atoms with Crippen LogP contribution in [0.25, 0.3) is 0 Å². The van der Waals surface area contributed by atoms with E-state index in [0.717, 1.165) is 96.3 Å². The first-order valence-electron chi connectivity index (χ1n) is 31.9. The van der Waals surface area contributed by atoms with Gasteiger partial charge in [-0.1, -0.05) is 286 Å². The van der Waals surface area contributed by atoms with Crippen LogP contribution >= 0.6 is 0 Å². The maximum absolute atomic E-state index is 12.9. The van der Waals surface area contributed by atoms with E-state index in [1.54, 1.807) is 0 Å². The van der Waals surface area contributed by atoms with E-state index in [4.69, 9.17) is 14.2 Å². The van der Waals surface area contributed by atoms with Crippen LogP contribution in [-0.4, -0.2) is 37.2 Å². The first kappa shape index (κ1) is 70.8. The average molecular weight is 1030 g/mol. The Morgan fingerprint density at radius 2 is 0.527 bits per heavy atom. The Kier molecular flexibility index (Phi) is 59.7. The van der Waals surface area contributed by atoms with Gasteiger partial charge < -0.3 is 14.2 Å². The van der Waals surface area contributed by atoms with Crippen molar-refractivity contribution in [1.29, 1.82) is 0 Å². The molecule has 0 aliphatic carbocycles. The smallest absolute Gasteiger partial charge is 0.306 e. The number of allylic oxidation sites excluding steroid dienone is 12. The molecule has 0 aromatic heterocycles. The second kappa shape index (κ2) is 62.4. The molecule has 0 N–H and O–H groups in total. The highest BCUT2D eigenvalue weighted by Gasteiger charge is 2.19. The summed E-state index contributed by atoms with van der Waals surface area (Å²) >= 11 is 0. The van der Waals surface area contributed by atoms with E-state index in [-0.39, 0.29) is 31.1 Å². The molecule has 0 bridgehead atoms. The lowest BCUT2D eigenvalue weighted by Gasteiger charge is -2.18. The van der Waals surface area contributed by atoms with Crippen molar-refractivity contribution in [3.8, 4) is 0 Å². The monoisotopic (exact) mass is 1030 g/mol. The van der Waals surface area contributed by atoms with Crippen LogP contribution in [0.5, 0.6) is 0 Å². The largest absolute Gasteiger partial charge is 0.462 e. The minimum Gasteiger partial charge on any atom is -0.462 e. The molecule has 0 aromatic rings. The number of unbranched alkanes of at least 4 members (excludes halogenated alkanes) is 35. The molecule has 74 heavy (non-hydrogen) atoms. The van der Waals surface area contributed by atoms with E-state index in [2.05, 4.69) is 93.7 Å². The topological polar surface area (TPSA) is 78.9 Å². The van der Waals surface area contributed by atoms with Gasteiger partial charge in [-0.3, -0.25) is 14.4 Å². The van der Waals surface area contributed by atoms with Crippen molar-refractivity contribution >= 4 is 17.9 Å². The quantitative estimate of drug-likeness (QED) is 0.0261. The number of rotatable bonds is 58. The Morgan fingerprint density at radius 1 is 0.284 bits per heavy atom. The summed E-state index contributed by atoms with van der Waals surface area (Å²) in [6.07, 6.45) is 80.5. The average Bonchev–Trinajstić information content (AvgIpc) is 3.40. The summed E-state index contributed by atoms with van der Waals surface area (Å²) in [5.41, 5.74) is 0. The summed E-state index contributed by atoms with van der Waals surface area (Å²) in [7, 11) is 0. The van der Waals surface area contributed by atoms with Crippen molar-refractivity contribution in [2.75, 3.05) is 13.2 Å². The van der Waals surface area contributed by atoms with Gasteiger partial charge in [0.25, 0.3) is 0 Å². The molecule has 0 spiro atoms. The summed E-state index contributed by atoms with van der Waals surface area (Å²) in [4.78, 5) is 38.2. The van der Waals surface area contributed by atoms with Crippen molar-refractivity contribution in [3.63, 3.8) is 0 Å². The van der Waals surface area contributed by atoms with Crippen molar-refractivity contribution in [2.24, 2.45) is 0 Å². The minimum atomic E-state index is -0.777. The molecular formula is C68H120O6. The molecular weight excluding hydrogens is 913 g/mol. The molecule has 0 aromatic carbocycles. The van der Waals surface area contributed by atoms with E-state index in [0.29, 0.717) is 19.3 Å². The number of carbonyl (C=O) groups excluding carboxylic acids is 3. The van der Waals surface area contributed by atoms with E-state index < -0.39 is 6.10 Å². The second-order valence-corrected chi connectivity index (χ2v) is 21.3. The van der Waals surface area contributed by atoms with Gasteiger partial charge in [0.15, 0.2) is 6.10 Å². The predicted molar refractivity (Wildman–Crippen MR) is 321 cm³/mol. The third-order valence-electron chi connectivity index (χ3n) is 13.9. The minimum absolute atomic E-state index is 0.0748. The number of hydrogen-bond acceptors (Lipinski definition) is 6. The first-order chi connectivity index (χ1) is 36.5. The lowest BCUT2D eigenvalue weighted by atomic mass is 10.1. The maximum atomic E-state index is 12.9. The molecule has 6 nitrogen and oxygen atoms in total. The fourth-order valence-corrected chi connectivity index (χ4v) is 9.17. The Labute approximate surface area is 459 Å². The summed E-state index contributed by atoms with van der Waals surface area (Å²) in [6, 6.07) is 0. The predicted octanol–water partition coefficient (Wildman–Crippen LogP) is 21.7. The summed E-state index contributed by atoms with van der Waals surface area (Å²) in [6.45, 7) is 6.54. The van der Waals surface area contributed by atoms with E-state index in [1.807, 2.05) is 0 Å². The fraction of sp³-hybridized carbons (Fsp3) is 0.779. The highest BCUT2D eigenvalue weighted by atomic mass is 16.6. The van der Waals surface area contributed by atoms with Crippen LogP contribution in [0.4, 0.5) is 0 Å². The fourth-order valence-electron chi connectivity index (χ4n) is 9.17. The molecule has 0 saturated carbocycles. The molecule has 0 heterocycles. The van der Waals surface area contributed by atoms with Crippen LogP contribution in [-0.2, 0) is 28.6 Å². The van der Waals surface area contributed by atoms with Crippen LogP contribution < -0.4 is 0 Å². The van der Waals surface area contributed by atoms with Crippen LogP contribution in [0, 0.1) is 0 Å². The summed E-state index contributed by atoms with van der Waals surface area (Å²) in [5, 5.41) is 0. The van der Waals surface area contributed by atoms with Crippen molar-refractivity contribution < 1.29 is 28.6 Å². The van der Waals surface area contributed by atoms with Crippen molar-refractivity contribution in [2.45, 2.75) is 329 Å². The van der Waals surface area contributed by atoms with Crippen LogP contribution in [0.3, 0.4) is 0 Å². The van der Waals surface area contributed by atoms with E-state index in [9.17, 15) is 14.4 Å². The molecule has 428 valence electrons. The third-order valence-corrected chi connectivity index (χ3v) is 13.9. The van der Waals surface area contributed by atoms with Gasteiger partial charge in [0.1, 0.15) is 13.2 Å². The first-order valence-corrected chi connectivity index (χ1v) is 31.9. The summed E-state index contributed by atoms with van der Waals surface area (Å²) in [5.74, 6) is -0.870. The Bertz CT molecular complexity index is 1370. The van der Waals surface area contributed by atoms with Crippen molar-refractivity contribution in [1.82, 2.24) is 0 Å². The molecule has 6 heteroatoms. The number of ether oxygens (including phenoxy) is 3. The molecule has 0 aliphatic heterocycles. The molecule has 0 saturated heterocycles. The molecule has 0 aliphatic rings. The van der Waals surface area contributed by atoms with Gasteiger partial charge in [-0.25, -0.2) is 0 Å². The van der Waals surface area contributed by atoms with Gasteiger partial charge in [-0.2, -0.15) is 0 Å². The normalized spacial score (nSPS) is 12.5.